The number of hydrogen-bond donors (Lipinski definition) is 2. The van der Waals surface area contributed by atoms with Crippen LogP contribution < -0.4 is 11.1 Å². The summed E-state index contributed by atoms with van der Waals surface area (Å²) in [5.41, 5.74) is 6.94. The van der Waals surface area contributed by atoms with Gasteiger partial charge in [-0.2, -0.15) is 4.31 Å². The highest BCUT2D eigenvalue weighted by atomic mass is 35.5. The van der Waals surface area contributed by atoms with E-state index >= 15 is 0 Å². The van der Waals surface area contributed by atoms with Crippen LogP contribution in [0.3, 0.4) is 0 Å². The number of carbonyl (C=O) groups is 2. The van der Waals surface area contributed by atoms with Crippen LogP contribution in [0.15, 0.2) is 35.4 Å². The molecule has 2 heterocycles. The fraction of sp³-hybridized carbons (Fsp3) is 0.368. The SMILES string of the molecule is Cc1cc(Cl)ccc1NC(=O)C1CCN(S(=O)(=O)c2cc(C(N)=O)n(C)c2)CC1. The first-order chi connectivity index (χ1) is 13.6. The van der Waals surface area contributed by atoms with Gasteiger partial charge in [-0.3, -0.25) is 9.59 Å². The summed E-state index contributed by atoms with van der Waals surface area (Å²) in [5, 5.41) is 3.49. The molecule has 1 saturated heterocycles. The van der Waals surface area contributed by atoms with E-state index in [2.05, 4.69) is 5.32 Å². The predicted molar refractivity (Wildman–Crippen MR) is 110 cm³/mol. The van der Waals surface area contributed by atoms with Gasteiger partial charge in [0.05, 0.1) is 0 Å². The number of carbonyl (C=O) groups excluding carboxylic acids is 2. The van der Waals surface area contributed by atoms with Crippen LogP contribution in [-0.2, 0) is 21.9 Å². The van der Waals surface area contributed by atoms with Crippen molar-refractivity contribution in [1.29, 1.82) is 0 Å². The van der Waals surface area contributed by atoms with Crippen molar-refractivity contribution in [3.8, 4) is 0 Å². The highest BCUT2D eigenvalue weighted by Gasteiger charge is 2.33. The van der Waals surface area contributed by atoms with Crippen molar-refractivity contribution in [3.63, 3.8) is 0 Å². The Kier molecular flexibility index (Phi) is 6.02. The van der Waals surface area contributed by atoms with Crippen molar-refractivity contribution >= 4 is 39.1 Å². The number of anilines is 1. The minimum absolute atomic E-state index is 0.0218. The number of primary amides is 1. The predicted octanol–water partition coefficient (Wildman–Crippen LogP) is 2.13. The molecule has 0 aliphatic carbocycles. The summed E-state index contributed by atoms with van der Waals surface area (Å²) >= 11 is 5.94. The molecule has 0 atom stereocenters. The fourth-order valence-electron chi connectivity index (χ4n) is 3.43. The third kappa shape index (κ3) is 4.47. The van der Waals surface area contributed by atoms with Crippen molar-refractivity contribution < 1.29 is 18.0 Å². The van der Waals surface area contributed by atoms with E-state index in [0.717, 1.165) is 5.56 Å². The zero-order valence-electron chi connectivity index (χ0n) is 16.2. The standard InChI is InChI=1S/C19H23ClN4O4S/c1-12-9-14(20)3-4-16(12)22-19(26)13-5-7-24(8-6-13)29(27,28)15-10-17(18(21)25)23(2)11-15/h3-4,9-11,13H,5-8H2,1-2H3,(H2,21,25)(H,22,26). The number of amides is 2. The summed E-state index contributed by atoms with van der Waals surface area (Å²) in [6, 6.07) is 6.51. The molecule has 1 aromatic carbocycles. The molecule has 1 aliphatic rings. The maximum Gasteiger partial charge on any atom is 0.265 e. The lowest BCUT2D eigenvalue weighted by atomic mass is 9.97. The molecular formula is C19H23ClN4O4S. The Hall–Kier alpha value is -2.36. The molecule has 1 aromatic heterocycles. The number of hydrogen-bond acceptors (Lipinski definition) is 4. The van der Waals surface area contributed by atoms with Crippen LogP contribution in [0, 0.1) is 12.8 Å². The van der Waals surface area contributed by atoms with Crippen LogP contribution in [-0.4, -0.2) is 42.2 Å². The zero-order chi connectivity index (χ0) is 21.3. The zero-order valence-corrected chi connectivity index (χ0v) is 17.8. The molecule has 1 aliphatic heterocycles. The smallest absolute Gasteiger partial charge is 0.265 e. The topological polar surface area (TPSA) is 114 Å². The number of halogens is 1. The van der Waals surface area contributed by atoms with Crippen molar-refractivity contribution in [3.05, 3.63) is 46.7 Å². The molecule has 0 unspecified atom stereocenters. The van der Waals surface area contributed by atoms with Crippen molar-refractivity contribution in [2.45, 2.75) is 24.7 Å². The third-order valence-electron chi connectivity index (χ3n) is 5.14. The maximum atomic E-state index is 12.9. The number of benzene rings is 1. The minimum Gasteiger partial charge on any atom is -0.364 e. The van der Waals surface area contributed by atoms with Gasteiger partial charge in [-0.15, -0.1) is 0 Å². The summed E-state index contributed by atoms with van der Waals surface area (Å²) in [6.45, 7) is 2.30. The van der Waals surface area contributed by atoms with Crippen LogP contribution in [0.1, 0.15) is 28.9 Å². The summed E-state index contributed by atoms with van der Waals surface area (Å²) in [7, 11) is -2.19. The van der Waals surface area contributed by atoms with Crippen molar-refractivity contribution in [2.24, 2.45) is 18.7 Å². The molecule has 2 amide bonds. The molecule has 2 aromatic rings. The van der Waals surface area contributed by atoms with Gasteiger partial charge in [0.25, 0.3) is 5.91 Å². The third-order valence-corrected chi connectivity index (χ3v) is 7.24. The number of aromatic nitrogens is 1. The Labute approximate surface area is 174 Å². The van der Waals surface area contributed by atoms with Gasteiger partial charge < -0.3 is 15.6 Å². The van der Waals surface area contributed by atoms with Gasteiger partial charge in [-0.1, -0.05) is 11.6 Å². The lowest BCUT2D eigenvalue weighted by molar-refractivity contribution is -0.120. The number of nitrogens with two attached hydrogens (primary N) is 1. The maximum absolute atomic E-state index is 12.9. The molecule has 0 spiro atoms. The molecule has 156 valence electrons. The minimum atomic E-state index is -3.76. The molecule has 10 heteroatoms. The fourth-order valence-corrected chi connectivity index (χ4v) is 5.20. The molecule has 0 radical (unpaired) electrons. The van der Waals surface area contributed by atoms with Crippen LogP contribution in [0.5, 0.6) is 0 Å². The second-order valence-corrected chi connectivity index (χ2v) is 9.54. The van der Waals surface area contributed by atoms with Gasteiger partial charge in [0.15, 0.2) is 0 Å². The Morgan fingerprint density at radius 2 is 1.86 bits per heavy atom. The second kappa shape index (κ2) is 8.17. The number of aryl methyl sites for hydroxylation is 2. The van der Waals surface area contributed by atoms with Crippen molar-refractivity contribution in [1.82, 2.24) is 8.87 Å². The quantitative estimate of drug-likeness (QED) is 0.743. The van der Waals surface area contributed by atoms with E-state index in [4.69, 9.17) is 17.3 Å². The monoisotopic (exact) mass is 438 g/mol. The van der Waals surface area contributed by atoms with Crippen molar-refractivity contribution in [2.75, 3.05) is 18.4 Å². The van der Waals surface area contributed by atoms with Gasteiger partial charge >= 0.3 is 0 Å². The molecule has 3 rings (SSSR count). The summed E-state index contributed by atoms with van der Waals surface area (Å²) < 4.78 is 28.5. The lowest BCUT2D eigenvalue weighted by Gasteiger charge is -2.30. The first-order valence-corrected chi connectivity index (χ1v) is 10.9. The average molecular weight is 439 g/mol. The lowest BCUT2D eigenvalue weighted by Crippen LogP contribution is -2.41. The van der Waals surface area contributed by atoms with E-state index in [-0.39, 0.29) is 35.5 Å². The highest BCUT2D eigenvalue weighted by molar-refractivity contribution is 7.89. The van der Waals surface area contributed by atoms with Gasteiger partial charge in [0.1, 0.15) is 10.6 Å². The second-order valence-electron chi connectivity index (χ2n) is 7.16. The molecule has 1 fully saturated rings. The van der Waals surface area contributed by atoms with Crippen LogP contribution >= 0.6 is 11.6 Å². The molecule has 0 saturated carbocycles. The molecule has 8 nitrogen and oxygen atoms in total. The number of piperidine rings is 1. The molecule has 0 bridgehead atoms. The Balaban J connectivity index is 1.65. The van der Waals surface area contributed by atoms with Crippen LogP contribution in [0.4, 0.5) is 5.69 Å². The van der Waals surface area contributed by atoms with Gasteiger partial charge in [0.2, 0.25) is 15.9 Å². The van der Waals surface area contributed by atoms with Crippen LogP contribution in [0.2, 0.25) is 5.02 Å². The van der Waals surface area contributed by atoms with Crippen LogP contribution in [0.25, 0.3) is 0 Å². The van der Waals surface area contributed by atoms with Gasteiger partial charge in [-0.05, 0) is 49.6 Å². The highest BCUT2D eigenvalue weighted by Crippen LogP contribution is 2.27. The van der Waals surface area contributed by atoms with E-state index in [1.807, 2.05) is 6.92 Å². The normalized spacial score (nSPS) is 16.0. The van der Waals surface area contributed by atoms with E-state index in [1.54, 1.807) is 25.2 Å². The molecule has 29 heavy (non-hydrogen) atoms. The molecule has 3 N–H and O–H groups in total. The number of nitrogens with zero attached hydrogens (tertiary/aromatic N) is 2. The Morgan fingerprint density at radius 1 is 1.21 bits per heavy atom. The van der Waals surface area contributed by atoms with E-state index in [0.29, 0.717) is 23.6 Å². The summed E-state index contributed by atoms with van der Waals surface area (Å²) in [5.74, 6) is -1.11. The number of rotatable bonds is 5. The largest absolute Gasteiger partial charge is 0.364 e. The number of nitrogens with one attached hydrogen (secondary N) is 1. The van der Waals surface area contributed by atoms with Gasteiger partial charge in [0, 0.05) is 43.0 Å². The average Bonchev–Trinajstić information content (AvgIpc) is 3.07. The summed E-state index contributed by atoms with van der Waals surface area (Å²) in [4.78, 5) is 24.0. The first kappa shape index (κ1) is 21.4. The Morgan fingerprint density at radius 3 is 2.41 bits per heavy atom. The number of sulfonamides is 1. The van der Waals surface area contributed by atoms with Gasteiger partial charge in [-0.25, -0.2) is 8.42 Å². The Bertz CT molecular complexity index is 1060. The van der Waals surface area contributed by atoms with E-state index in [9.17, 15) is 18.0 Å². The van der Waals surface area contributed by atoms with E-state index in [1.165, 1.54) is 21.1 Å². The van der Waals surface area contributed by atoms with E-state index < -0.39 is 15.9 Å². The first-order valence-electron chi connectivity index (χ1n) is 9.13. The summed E-state index contributed by atoms with van der Waals surface area (Å²) in [6.07, 6.45) is 2.19. The molecular weight excluding hydrogens is 416 g/mol.